The highest BCUT2D eigenvalue weighted by molar-refractivity contribution is 5.81. The van der Waals surface area contributed by atoms with Crippen LogP contribution in [0.15, 0.2) is 30.3 Å². The predicted molar refractivity (Wildman–Crippen MR) is 82.2 cm³/mol. The first-order valence-electron chi connectivity index (χ1n) is 7.63. The first-order chi connectivity index (χ1) is 10.2. The third-order valence-electron chi connectivity index (χ3n) is 4.33. The standard InChI is InChI=1S/C17H25NO3/c1-18-17(16(19)20-2)11-10-15(13-17)21-12-6-9-14-7-4-3-5-8-14/h3-5,7-8,15,18H,6,9-13H2,1-2H3. The maximum Gasteiger partial charge on any atom is 0.326 e. The molecule has 0 heterocycles. The highest BCUT2D eigenvalue weighted by atomic mass is 16.5. The number of ether oxygens (including phenoxy) is 2. The molecule has 2 unspecified atom stereocenters. The van der Waals surface area contributed by atoms with Crippen LogP contribution in [0.4, 0.5) is 0 Å². The highest BCUT2D eigenvalue weighted by Crippen LogP contribution is 2.32. The van der Waals surface area contributed by atoms with E-state index in [1.165, 1.54) is 12.7 Å². The topological polar surface area (TPSA) is 47.6 Å². The van der Waals surface area contributed by atoms with E-state index in [0.717, 1.165) is 32.3 Å². The molecule has 116 valence electrons. The van der Waals surface area contributed by atoms with Crippen LogP contribution in [0.25, 0.3) is 0 Å². The average Bonchev–Trinajstić information content (AvgIpc) is 2.96. The molecule has 0 radical (unpaired) electrons. The summed E-state index contributed by atoms with van der Waals surface area (Å²) < 4.78 is 10.8. The van der Waals surface area contributed by atoms with Crippen LogP contribution in [0, 0.1) is 0 Å². The van der Waals surface area contributed by atoms with Crippen LogP contribution in [0.5, 0.6) is 0 Å². The summed E-state index contributed by atoms with van der Waals surface area (Å²) in [6.45, 7) is 0.737. The van der Waals surface area contributed by atoms with Gasteiger partial charge in [-0.25, -0.2) is 0 Å². The number of nitrogens with one attached hydrogen (secondary N) is 1. The van der Waals surface area contributed by atoms with Crippen molar-refractivity contribution in [3.05, 3.63) is 35.9 Å². The Hall–Kier alpha value is -1.39. The fraction of sp³-hybridized carbons (Fsp3) is 0.588. The summed E-state index contributed by atoms with van der Waals surface area (Å²) in [7, 11) is 3.25. The molecule has 1 saturated carbocycles. The number of carbonyl (C=O) groups excluding carboxylic acids is 1. The summed E-state index contributed by atoms with van der Waals surface area (Å²) in [6, 6.07) is 10.4. The minimum atomic E-state index is -0.557. The monoisotopic (exact) mass is 291 g/mol. The molecule has 1 aliphatic carbocycles. The predicted octanol–water partition coefficient (Wildman–Crippen LogP) is 2.32. The Balaban J connectivity index is 1.72. The van der Waals surface area contributed by atoms with Gasteiger partial charge in [0, 0.05) is 13.0 Å². The van der Waals surface area contributed by atoms with E-state index >= 15 is 0 Å². The Morgan fingerprint density at radius 2 is 2.14 bits per heavy atom. The minimum Gasteiger partial charge on any atom is -0.468 e. The highest BCUT2D eigenvalue weighted by Gasteiger charge is 2.45. The van der Waals surface area contributed by atoms with Gasteiger partial charge in [0.15, 0.2) is 0 Å². The van der Waals surface area contributed by atoms with Crippen LogP contribution < -0.4 is 5.32 Å². The summed E-state index contributed by atoms with van der Waals surface area (Å²) in [6.07, 6.45) is 4.56. The molecule has 21 heavy (non-hydrogen) atoms. The van der Waals surface area contributed by atoms with Crippen molar-refractivity contribution < 1.29 is 14.3 Å². The van der Waals surface area contributed by atoms with E-state index in [1.54, 1.807) is 0 Å². The second kappa shape index (κ2) is 7.57. The van der Waals surface area contributed by atoms with Crippen LogP contribution in [0.1, 0.15) is 31.2 Å². The van der Waals surface area contributed by atoms with Crippen molar-refractivity contribution in [2.75, 3.05) is 20.8 Å². The van der Waals surface area contributed by atoms with Crippen LogP contribution in [-0.4, -0.2) is 38.4 Å². The first-order valence-corrected chi connectivity index (χ1v) is 7.63. The molecular formula is C17H25NO3. The first kappa shape index (κ1) is 16.0. The molecule has 0 spiro atoms. The second-order valence-corrected chi connectivity index (χ2v) is 5.65. The van der Waals surface area contributed by atoms with E-state index in [1.807, 2.05) is 13.1 Å². The number of benzene rings is 1. The number of methoxy groups -OCH3 is 1. The van der Waals surface area contributed by atoms with E-state index in [4.69, 9.17) is 9.47 Å². The molecule has 2 rings (SSSR count). The van der Waals surface area contributed by atoms with Crippen LogP contribution in [0.3, 0.4) is 0 Å². The van der Waals surface area contributed by atoms with Crippen LogP contribution >= 0.6 is 0 Å². The zero-order valence-electron chi connectivity index (χ0n) is 12.9. The molecule has 0 saturated heterocycles. The molecule has 0 bridgehead atoms. The fourth-order valence-corrected chi connectivity index (χ4v) is 3.02. The maximum absolute atomic E-state index is 11.9. The van der Waals surface area contributed by atoms with Gasteiger partial charge in [0.2, 0.25) is 0 Å². The van der Waals surface area contributed by atoms with E-state index < -0.39 is 5.54 Å². The summed E-state index contributed by atoms with van der Waals surface area (Å²) in [4.78, 5) is 11.9. The molecule has 1 aromatic carbocycles. The van der Waals surface area contributed by atoms with Gasteiger partial charge in [0.05, 0.1) is 13.2 Å². The number of hydrogen-bond donors (Lipinski definition) is 1. The number of carbonyl (C=O) groups is 1. The van der Waals surface area contributed by atoms with Gasteiger partial charge >= 0.3 is 5.97 Å². The molecule has 1 aromatic rings. The van der Waals surface area contributed by atoms with Gasteiger partial charge in [0.1, 0.15) is 5.54 Å². The van der Waals surface area contributed by atoms with Gasteiger partial charge in [-0.05, 0) is 38.3 Å². The van der Waals surface area contributed by atoms with E-state index in [0.29, 0.717) is 6.42 Å². The van der Waals surface area contributed by atoms with Gasteiger partial charge in [0.25, 0.3) is 0 Å². The van der Waals surface area contributed by atoms with Gasteiger partial charge in [-0.2, -0.15) is 0 Å². The van der Waals surface area contributed by atoms with Gasteiger partial charge in [-0.15, -0.1) is 0 Å². The quantitative estimate of drug-likeness (QED) is 0.618. The lowest BCUT2D eigenvalue weighted by molar-refractivity contribution is -0.148. The Morgan fingerprint density at radius 1 is 1.38 bits per heavy atom. The van der Waals surface area contributed by atoms with E-state index in [-0.39, 0.29) is 12.1 Å². The van der Waals surface area contributed by atoms with Gasteiger partial charge < -0.3 is 14.8 Å². The van der Waals surface area contributed by atoms with Crippen LogP contribution in [-0.2, 0) is 20.7 Å². The van der Waals surface area contributed by atoms with Gasteiger partial charge in [-0.3, -0.25) is 4.79 Å². The number of esters is 1. The van der Waals surface area contributed by atoms with Gasteiger partial charge in [-0.1, -0.05) is 30.3 Å². The molecule has 2 atom stereocenters. The van der Waals surface area contributed by atoms with E-state index in [9.17, 15) is 4.79 Å². The Kier molecular flexibility index (Phi) is 5.76. The Bertz CT molecular complexity index is 449. The zero-order chi connectivity index (χ0) is 15.1. The molecule has 4 heteroatoms. The van der Waals surface area contributed by atoms with Crippen molar-refractivity contribution in [1.82, 2.24) is 5.32 Å². The summed E-state index contributed by atoms with van der Waals surface area (Å²) in [5, 5.41) is 3.12. The van der Waals surface area contributed by atoms with E-state index in [2.05, 4.69) is 29.6 Å². The Labute approximate surface area is 126 Å². The smallest absolute Gasteiger partial charge is 0.326 e. The number of likely N-dealkylation sites (N-methyl/N-ethyl adjacent to an activating group) is 1. The lowest BCUT2D eigenvalue weighted by Crippen LogP contribution is -2.49. The van der Waals surface area contributed by atoms with Crippen molar-refractivity contribution >= 4 is 5.97 Å². The summed E-state index contributed by atoms with van der Waals surface area (Å²) in [5.41, 5.74) is 0.783. The Morgan fingerprint density at radius 3 is 2.81 bits per heavy atom. The second-order valence-electron chi connectivity index (χ2n) is 5.65. The largest absolute Gasteiger partial charge is 0.468 e. The number of hydrogen-bond acceptors (Lipinski definition) is 4. The SMILES string of the molecule is CNC1(C(=O)OC)CCC(OCCCc2ccccc2)C1. The van der Waals surface area contributed by atoms with Crippen molar-refractivity contribution in [1.29, 1.82) is 0 Å². The molecule has 0 aliphatic heterocycles. The number of rotatable bonds is 7. The van der Waals surface area contributed by atoms with Crippen LogP contribution in [0.2, 0.25) is 0 Å². The average molecular weight is 291 g/mol. The molecule has 0 amide bonds. The molecule has 1 aliphatic rings. The normalized spacial score (nSPS) is 25.0. The maximum atomic E-state index is 11.9. The zero-order valence-corrected chi connectivity index (χ0v) is 12.9. The molecule has 1 N–H and O–H groups in total. The third-order valence-corrected chi connectivity index (χ3v) is 4.33. The van der Waals surface area contributed by atoms with Crippen molar-refractivity contribution in [3.63, 3.8) is 0 Å². The molecule has 0 aromatic heterocycles. The summed E-state index contributed by atoms with van der Waals surface area (Å²) in [5.74, 6) is -0.180. The third kappa shape index (κ3) is 4.05. The lowest BCUT2D eigenvalue weighted by atomic mass is 9.98. The van der Waals surface area contributed by atoms with Crippen molar-refractivity contribution in [3.8, 4) is 0 Å². The molecule has 4 nitrogen and oxygen atoms in total. The fourth-order valence-electron chi connectivity index (χ4n) is 3.02. The molecular weight excluding hydrogens is 266 g/mol. The van der Waals surface area contributed by atoms with Crippen molar-refractivity contribution in [2.24, 2.45) is 0 Å². The lowest BCUT2D eigenvalue weighted by Gasteiger charge is -2.25. The summed E-state index contributed by atoms with van der Waals surface area (Å²) >= 11 is 0. The minimum absolute atomic E-state index is 0.146. The van der Waals surface area contributed by atoms with Crippen molar-refractivity contribution in [2.45, 2.75) is 43.7 Å². The molecule has 1 fully saturated rings. The number of aryl methyl sites for hydroxylation is 1.